The van der Waals surface area contributed by atoms with E-state index < -0.39 is 5.56 Å². The fourth-order valence-corrected chi connectivity index (χ4v) is 2.49. The molecule has 7 nitrogen and oxygen atoms in total. The molecule has 26 heavy (non-hydrogen) atoms. The highest BCUT2D eigenvalue weighted by atomic mass is 16.5. The molecule has 0 spiro atoms. The number of aromatic hydroxyl groups is 1. The first-order valence-electron chi connectivity index (χ1n) is 8.16. The number of hydrogen-bond donors (Lipinski definition) is 1. The lowest BCUT2D eigenvalue weighted by Gasteiger charge is -2.13. The van der Waals surface area contributed by atoms with Gasteiger partial charge in [-0.2, -0.15) is 5.26 Å². The van der Waals surface area contributed by atoms with E-state index in [1.807, 2.05) is 25.1 Å². The minimum atomic E-state index is -0.550. The number of hydrogen-bond acceptors (Lipinski definition) is 6. The van der Waals surface area contributed by atoms with Crippen LogP contribution in [0.15, 0.2) is 34.1 Å². The van der Waals surface area contributed by atoms with Gasteiger partial charge < -0.3 is 14.6 Å². The highest BCUT2D eigenvalue weighted by Crippen LogP contribution is 2.28. The number of methoxy groups -OCH3 is 1. The van der Waals surface area contributed by atoms with E-state index in [4.69, 9.17) is 9.47 Å². The molecule has 1 N–H and O–H groups in total. The van der Waals surface area contributed by atoms with Crippen LogP contribution in [-0.2, 0) is 11.3 Å². The quantitative estimate of drug-likeness (QED) is 0.770. The van der Waals surface area contributed by atoms with E-state index in [-0.39, 0.29) is 24.6 Å². The number of nitrogens with zero attached hydrogens (tertiary/aromatic N) is 3. The molecule has 0 saturated carbocycles. The van der Waals surface area contributed by atoms with Gasteiger partial charge in [-0.1, -0.05) is 12.1 Å². The predicted molar refractivity (Wildman–Crippen MR) is 98.6 cm³/mol. The monoisotopic (exact) mass is 355 g/mol. The van der Waals surface area contributed by atoms with Crippen LogP contribution in [0.5, 0.6) is 11.6 Å². The average molecular weight is 355 g/mol. The van der Waals surface area contributed by atoms with Gasteiger partial charge in [0.1, 0.15) is 23.1 Å². The number of pyridine rings is 1. The van der Waals surface area contributed by atoms with E-state index in [1.165, 1.54) is 13.3 Å². The van der Waals surface area contributed by atoms with Crippen LogP contribution in [0.1, 0.15) is 23.6 Å². The predicted octanol–water partition coefficient (Wildman–Crippen LogP) is 2.53. The summed E-state index contributed by atoms with van der Waals surface area (Å²) in [5.74, 6) is 0.359. The molecule has 1 aromatic carbocycles. The Morgan fingerprint density at radius 2 is 2.12 bits per heavy atom. The molecule has 7 heteroatoms. The van der Waals surface area contributed by atoms with Crippen LogP contribution in [-0.4, -0.2) is 36.2 Å². The number of aliphatic imine (C=N–C) groups is 1. The third kappa shape index (κ3) is 3.92. The Balaban J connectivity index is 2.56. The van der Waals surface area contributed by atoms with Crippen molar-refractivity contribution < 1.29 is 14.6 Å². The van der Waals surface area contributed by atoms with Crippen molar-refractivity contribution in [1.82, 2.24) is 4.57 Å². The molecule has 0 unspecified atom stereocenters. The maximum Gasteiger partial charge on any atom is 0.271 e. The molecule has 0 bridgehead atoms. The Hall–Kier alpha value is -3.11. The molecule has 0 aliphatic carbocycles. The third-order valence-corrected chi connectivity index (χ3v) is 3.86. The third-order valence-electron chi connectivity index (χ3n) is 3.86. The number of rotatable bonds is 7. The van der Waals surface area contributed by atoms with Crippen molar-refractivity contribution in [3.8, 4) is 17.7 Å². The largest absolute Gasteiger partial charge is 0.494 e. The van der Waals surface area contributed by atoms with Crippen molar-refractivity contribution in [1.29, 1.82) is 5.26 Å². The van der Waals surface area contributed by atoms with Gasteiger partial charge in [0.2, 0.25) is 5.88 Å². The van der Waals surface area contributed by atoms with Gasteiger partial charge in [0.25, 0.3) is 5.56 Å². The first-order valence-corrected chi connectivity index (χ1v) is 8.16. The zero-order valence-corrected chi connectivity index (χ0v) is 15.0. The van der Waals surface area contributed by atoms with E-state index in [0.29, 0.717) is 29.2 Å². The molecular weight excluding hydrogens is 334 g/mol. The van der Waals surface area contributed by atoms with Crippen molar-refractivity contribution in [2.75, 3.05) is 20.3 Å². The second-order valence-corrected chi connectivity index (χ2v) is 5.46. The van der Waals surface area contributed by atoms with Crippen LogP contribution in [0.3, 0.4) is 0 Å². The Morgan fingerprint density at radius 1 is 1.38 bits per heavy atom. The second-order valence-electron chi connectivity index (χ2n) is 5.46. The number of benzene rings is 1. The summed E-state index contributed by atoms with van der Waals surface area (Å²) >= 11 is 0. The number of ether oxygens (including phenoxy) is 2. The topological polar surface area (TPSA) is 96.8 Å². The molecule has 0 atom stereocenters. The average Bonchev–Trinajstić information content (AvgIpc) is 2.63. The highest BCUT2D eigenvalue weighted by Gasteiger charge is 2.17. The van der Waals surface area contributed by atoms with Gasteiger partial charge >= 0.3 is 0 Å². The lowest BCUT2D eigenvalue weighted by molar-refractivity contribution is 0.182. The summed E-state index contributed by atoms with van der Waals surface area (Å²) in [7, 11) is 1.49. The van der Waals surface area contributed by atoms with Gasteiger partial charge in [-0.15, -0.1) is 0 Å². The lowest BCUT2D eigenvalue weighted by Crippen LogP contribution is -2.26. The Bertz CT molecular complexity index is 910. The summed E-state index contributed by atoms with van der Waals surface area (Å²) in [6.45, 7) is 4.34. The number of aromatic nitrogens is 1. The Morgan fingerprint density at radius 3 is 2.77 bits per heavy atom. The smallest absolute Gasteiger partial charge is 0.271 e. The zero-order valence-electron chi connectivity index (χ0n) is 15.0. The molecule has 2 aromatic rings. The molecule has 0 aliphatic rings. The van der Waals surface area contributed by atoms with Crippen molar-refractivity contribution in [3.05, 3.63) is 51.3 Å². The van der Waals surface area contributed by atoms with Gasteiger partial charge in [-0.25, -0.2) is 0 Å². The van der Waals surface area contributed by atoms with Gasteiger partial charge in [0.15, 0.2) is 0 Å². The fourth-order valence-electron chi connectivity index (χ4n) is 2.49. The standard InChI is InChI=1S/C19H21N3O4/c1-4-26-17-8-6-5-7-16(17)21-12-15-13(2)14(11-20)18(23)22(19(15)24)9-10-25-3/h5-8,12,24H,4,9-10H2,1-3H3. The normalized spacial score (nSPS) is 10.8. The van der Waals surface area contributed by atoms with Gasteiger partial charge in [0.05, 0.1) is 25.3 Å². The molecule has 0 radical (unpaired) electrons. The Kier molecular flexibility index (Phi) is 6.53. The van der Waals surface area contributed by atoms with Crippen molar-refractivity contribution in [3.63, 3.8) is 0 Å². The molecule has 1 aromatic heterocycles. The fraction of sp³-hybridized carbons (Fsp3) is 0.316. The summed E-state index contributed by atoms with van der Waals surface area (Å²) in [4.78, 5) is 16.8. The van der Waals surface area contributed by atoms with Crippen LogP contribution in [0.2, 0.25) is 0 Å². The van der Waals surface area contributed by atoms with Crippen molar-refractivity contribution in [2.45, 2.75) is 20.4 Å². The van der Waals surface area contributed by atoms with Gasteiger partial charge in [-0.3, -0.25) is 14.4 Å². The maximum absolute atomic E-state index is 12.4. The number of para-hydroxylation sites is 2. The minimum Gasteiger partial charge on any atom is -0.494 e. The lowest BCUT2D eigenvalue weighted by atomic mass is 10.1. The SMILES string of the molecule is CCOc1ccccc1N=Cc1c(C)c(C#N)c(=O)n(CCOC)c1O. The molecule has 0 aliphatic heterocycles. The summed E-state index contributed by atoms with van der Waals surface area (Å²) in [6.07, 6.45) is 1.44. The van der Waals surface area contributed by atoms with Crippen LogP contribution >= 0.6 is 0 Å². The van der Waals surface area contributed by atoms with Gasteiger partial charge in [-0.05, 0) is 31.5 Å². The van der Waals surface area contributed by atoms with Crippen LogP contribution in [0.4, 0.5) is 5.69 Å². The zero-order chi connectivity index (χ0) is 19.1. The summed E-state index contributed by atoms with van der Waals surface area (Å²) in [5, 5.41) is 19.8. The second kappa shape index (κ2) is 8.83. The molecule has 0 saturated heterocycles. The van der Waals surface area contributed by atoms with Crippen LogP contribution in [0, 0.1) is 18.3 Å². The molecule has 0 fully saturated rings. The molecular formula is C19H21N3O4. The van der Waals surface area contributed by atoms with Gasteiger partial charge in [0, 0.05) is 13.3 Å². The Labute approximate surface area is 151 Å². The molecule has 1 heterocycles. The van der Waals surface area contributed by atoms with Crippen molar-refractivity contribution >= 4 is 11.9 Å². The molecule has 2 rings (SSSR count). The summed E-state index contributed by atoms with van der Waals surface area (Å²) < 4.78 is 11.6. The summed E-state index contributed by atoms with van der Waals surface area (Å²) in [5.41, 5.74) is 0.691. The first-order chi connectivity index (χ1) is 12.5. The minimum absolute atomic E-state index is 0.0292. The maximum atomic E-state index is 12.4. The van der Waals surface area contributed by atoms with E-state index in [1.54, 1.807) is 19.1 Å². The van der Waals surface area contributed by atoms with E-state index in [0.717, 1.165) is 4.57 Å². The molecule has 0 amide bonds. The highest BCUT2D eigenvalue weighted by molar-refractivity contribution is 5.87. The van der Waals surface area contributed by atoms with Crippen LogP contribution < -0.4 is 10.3 Å². The van der Waals surface area contributed by atoms with Crippen LogP contribution in [0.25, 0.3) is 0 Å². The van der Waals surface area contributed by atoms with E-state index >= 15 is 0 Å². The summed E-state index contributed by atoms with van der Waals surface area (Å²) in [6, 6.07) is 9.14. The first kappa shape index (κ1) is 19.2. The molecule has 136 valence electrons. The van der Waals surface area contributed by atoms with E-state index in [2.05, 4.69) is 4.99 Å². The van der Waals surface area contributed by atoms with E-state index in [9.17, 15) is 15.2 Å². The van der Waals surface area contributed by atoms with Crippen molar-refractivity contribution in [2.24, 2.45) is 4.99 Å². The number of nitriles is 1.